The van der Waals surface area contributed by atoms with Crippen LogP contribution in [0.5, 0.6) is 0 Å². The van der Waals surface area contributed by atoms with E-state index in [1.54, 1.807) is 36.4 Å². The van der Waals surface area contributed by atoms with Crippen molar-refractivity contribution < 1.29 is 18.9 Å². The topological polar surface area (TPSA) is 106 Å². The van der Waals surface area contributed by atoms with Crippen molar-refractivity contribution in [3.63, 3.8) is 0 Å². The molecule has 0 aliphatic rings. The molecule has 0 atom stereocenters. The summed E-state index contributed by atoms with van der Waals surface area (Å²) in [6.45, 7) is 0.0319. The van der Waals surface area contributed by atoms with Crippen molar-refractivity contribution in [1.29, 1.82) is 0 Å². The van der Waals surface area contributed by atoms with Crippen LogP contribution in [-0.2, 0) is 16.1 Å². The first-order valence-electron chi connectivity index (χ1n) is 9.03. The Morgan fingerprint density at radius 1 is 1.03 bits per heavy atom. The lowest BCUT2D eigenvalue weighted by Gasteiger charge is -2.21. The van der Waals surface area contributed by atoms with Crippen LogP contribution in [0.4, 0.5) is 11.4 Å². The van der Waals surface area contributed by atoms with E-state index >= 15 is 0 Å². The fraction of sp³-hybridized carbons (Fsp3) is 0.143. The van der Waals surface area contributed by atoms with E-state index in [1.807, 2.05) is 18.2 Å². The summed E-state index contributed by atoms with van der Waals surface area (Å²) in [5.74, 6) is 0.0764. The number of hydrogen-bond donors (Lipinski definition) is 1. The monoisotopic (exact) mass is 425 g/mol. The smallest absolute Gasteiger partial charge is 0.269 e. The summed E-state index contributed by atoms with van der Waals surface area (Å²) in [6, 6.07) is 18.4. The number of rotatable bonds is 9. The number of anilines is 1. The van der Waals surface area contributed by atoms with Crippen LogP contribution in [0.3, 0.4) is 0 Å². The Morgan fingerprint density at radius 3 is 2.40 bits per heavy atom. The Morgan fingerprint density at radius 2 is 1.77 bits per heavy atom. The highest BCUT2D eigenvalue weighted by Gasteiger charge is 2.19. The van der Waals surface area contributed by atoms with Crippen LogP contribution in [0.2, 0.25) is 0 Å². The molecule has 1 heterocycles. The molecule has 0 fully saturated rings. The van der Waals surface area contributed by atoms with Gasteiger partial charge in [-0.3, -0.25) is 19.7 Å². The Labute approximate surface area is 177 Å². The largest absolute Gasteiger partial charge is 0.467 e. The zero-order valence-electron chi connectivity index (χ0n) is 15.9. The molecule has 0 bridgehead atoms. The van der Waals surface area contributed by atoms with Gasteiger partial charge in [-0.05, 0) is 36.4 Å². The van der Waals surface area contributed by atoms with Crippen LogP contribution in [0.25, 0.3) is 0 Å². The number of non-ortho nitro benzene ring substituents is 1. The predicted molar refractivity (Wildman–Crippen MR) is 113 cm³/mol. The van der Waals surface area contributed by atoms with E-state index in [-0.39, 0.29) is 36.3 Å². The fourth-order valence-electron chi connectivity index (χ4n) is 2.62. The van der Waals surface area contributed by atoms with Crippen molar-refractivity contribution in [2.24, 2.45) is 0 Å². The van der Waals surface area contributed by atoms with Crippen molar-refractivity contribution in [1.82, 2.24) is 4.90 Å². The molecule has 3 rings (SSSR count). The normalized spacial score (nSPS) is 10.4. The first-order chi connectivity index (χ1) is 14.5. The van der Waals surface area contributed by atoms with Crippen molar-refractivity contribution >= 4 is 35.0 Å². The van der Waals surface area contributed by atoms with Crippen molar-refractivity contribution in [3.05, 3.63) is 88.9 Å². The van der Waals surface area contributed by atoms with Gasteiger partial charge in [0.25, 0.3) is 5.69 Å². The highest BCUT2D eigenvalue weighted by molar-refractivity contribution is 8.00. The molecule has 1 N–H and O–H groups in total. The van der Waals surface area contributed by atoms with E-state index in [1.165, 1.54) is 35.1 Å². The molecule has 2 amide bonds. The number of thioether (sulfide) groups is 1. The third-order valence-electron chi connectivity index (χ3n) is 4.08. The highest BCUT2D eigenvalue weighted by Crippen LogP contribution is 2.22. The van der Waals surface area contributed by atoms with Gasteiger partial charge in [0, 0.05) is 22.7 Å². The molecule has 8 nitrogen and oxygen atoms in total. The maximum atomic E-state index is 12.8. The number of nitro benzene ring substituents is 1. The zero-order chi connectivity index (χ0) is 21.3. The minimum atomic E-state index is -0.476. The molecule has 30 heavy (non-hydrogen) atoms. The predicted octanol–water partition coefficient (Wildman–Crippen LogP) is 3.95. The molecule has 0 spiro atoms. The number of benzene rings is 2. The average Bonchev–Trinajstić information content (AvgIpc) is 3.25. The lowest BCUT2D eigenvalue weighted by molar-refractivity contribution is -0.384. The van der Waals surface area contributed by atoms with E-state index < -0.39 is 4.92 Å². The molecule has 3 aromatic rings. The first-order valence-corrected chi connectivity index (χ1v) is 10.0. The van der Waals surface area contributed by atoms with E-state index in [9.17, 15) is 19.7 Å². The van der Waals surface area contributed by atoms with Crippen LogP contribution in [0.15, 0.2) is 82.3 Å². The number of amides is 2. The van der Waals surface area contributed by atoms with Gasteiger partial charge in [-0.25, -0.2) is 0 Å². The minimum Gasteiger partial charge on any atom is -0.467 e. The van der Waals surface area contributed by atoms with Gasteiger partial charge in [0.2, 0.25) is 11.8 Å². The maximum absolute atomic E-state index is 12.8. The van der Waals surface area contributed by atoms with Gasteiger partial charge in [0.1, 0.15) is 12.3 Å². The second kappa shape index (κ2) is 10.3. The van der Waals surface area contributed by atoms with E-state index in [2.05, 4.69) is 5.32 Å². The molecule has 0 saturated heterocycles. The molecule has 0 unspecified atom stereocenters. The molecular formula is C21H19N3O5S. The van der Waals surface area contributed by atoms with Crippen LogP contribution >= 0.6 is 11.8 Å². The van der Waals surface area contributed by atoms with E-state index in [0.29, 0.717) is 11.4 Å². The number of carbonyl (C=O) groups is 2. The molecule has 0 saturated carbocycles. The number of nitrogens with zero attached hydrogens (tertiary/aromatic N) is 2. The summed E-state index contributed by atoms with van der Waals surface area (Å²) >= 11 is 1.24. The Kier molecular flexibility index (Phi) is 7.23. The van der Waals surface area contributed by atoms with Gasteiger partial charge < -0.3 is 14.6 Å². The van der Waals surface area contributed by atoms with Gasteiger partial charge in [-0.1, -0.05) is 18.2 Å². The molecular weight excluding hydrogens is 406 g/mol. The lowest BCUT2D eigenvalue weighted by atomic mass is 10.3. The first kappa shape index (κ1) is 21.1. The number of nitro groups is 1. The summed E-state index contributed by atoms with van der Waals surface area (Å²) in [5, 5.41) is 13.5. The number of para-hydroxylation sites is 1. The number of nitrogens with one attached hydrogen (secondary N) is 1. The van der Waals surface area contributed by atoms with Gasteiger partial charge >= 0.3 is 0 Å². The number of carbonyl (C=O) groups excluding carboxylic acids is 2. The van der Waals surface area contributed by atoms with E-state index in [0.717, 1.165) is 4.90 Å². The second-order valence-corrected chi connectivity index (χ2v) is 7.33. The van der Waals surface area contributed by atoms with Gasteiger partial charge in [0.15, 0.2) is 0 Å². The van der Waals surface area contributed by atoms with Crippen LogP contribution < -0.4 is 5.32 Å². The highest BCUT2D eigenvalue weighted by atomic mass is 32.2. The molecule has 9 heteroatoms. The van der Waals surface area contributed by atoms with Crippen molar-refractivity contribution in [2.45, 2.75) is 11.4 Å². The standard InChI is InChI=1S/C21H19N3O5S/c25-20(22-16-5-2-1-3-6-16)14-23(13-18-7-4-12-29-18)21(26)15-30-19-10-8-17(9-11-19)24(27)28/h1-12H,13-15H2,(H,22,25). The van der Waals surface area contributed by atoms with Crippen LogP contribution in [0, 0.1) is 10.1 Å². The van der Waals surface area contributed by atoms with Gasteiger partial charge in [-0.15, -0.1) is 11.8 Å². The van der Waals surface area contributed by atoms with Crippen LogP contribution in [-0.4, -0.2) is 33.9 Å². The molecule has 154 valence electrons. The third kappa shape index (κ3) is 6.21. The lowest BCUT2D eigenvalue weighted by Crippen LogP contribution is -2.38. The summed E-state index contributed by atoms with van der Waals surface area (Å²) in [4.78, 5) is 37.6. The zero-order valence-corrected chi connectivity index (χ0v) is 16.7. The third-order valence-corrected chi connectivity index (χ3v) is 5.08. The second-order valence-electron chi connectivity index (χ2n) is 6.28. The van der Waals surface area contributed by atoms with Crippen molar-refractivity contribution in [3.8, 4) is 0 Å². The summed E-state index contributed by atoms with van der Waals surface area (Å²) in [5.41, 5.74) is 0.635. The fourth-order valence-corrected chi connectivity index (χ4v) is 3.42. The maximum Gasteiger partial charge on any atom is 0.269 e. The van der Waals surface area contributed by atoms with Crippen molar-refractivity contribution in [2.75, 3.05) is 17.6 Å². The molecule has 0 radical (unpaired) electrons. The van der Waals surface area contributed by atoms with Gasteiger partial charge in [0.05, 0.1) is 23.5 Å². The summed E-state index contributed by atoms with van der Waals surface area (Å²) < 4.78 is 5.32. The number of hydrogen-bond acceptors (Lipinski definition) is 6. The van der Waals surface area contributed by atoms with Crippen LogP contribution in [0.1, 0.15) is 5.76 Å². The Hall–Kier alpha value is -3.59. The van der Waals surface area contributed by atoms with Gasteiger partial charge in [-0.2, -0.15) is 0 Å². The quantitative estimate of drug-likeness (QED) is 0.316. The average molecular weight is 425 g/mol. The van der Waals surface area contributed by atoms with E-state index in [4.69, 9.17) is 4.42 Å². The SMILES string of the molecule is O=C(CN(Cc1ccco1)C(=O)CSc1ccc([N+](=O)[O-])cc1)Nc1ccccc1. The Bertz CT molecular complexity index is 991. The summed E-state index contributed by atoms with van der Waals surface area (Å²) in [7, 11) is 0. The number of furan rings is 1. The molecule has 0 aliphatic heterocycles. The molecule has 2 aromatic carbocycles. The molecule has 1 aromatic heterocycles. The Balaban J connectivity index is 1.62. The summed E-state index contributed by atoms with van der Waals surface area (Å²) in [6.07, 6.45) is 1.51. The minimum absolute atomic E-state index is 0.0114. The molecule has 0 aliphatic carbocycles.